The molecule has 3 rings (SSSR count). The molecule has 7 heteroatoms. The molecule has 1 heterocycles. The minimum absolute atomic E-state index is 0.429. The van der Waals surface area contributed by atoms with Crippen molar-refractivity contribution in [2.45, 2.75) is 12.5 Å². The molecular formula is C22H29N3O4. The van der Waals surface area contributed by atoms with Crippen LogP contribution in [-0.2, 0) is 6.42 Å². The normalized spacial score (nSPS) is 16.2. The van der Waals surface area contributed by atoms with Gasteiger partial charge in [-0.15, -0.1) is 0 Å². The summed E-state index contributed by atoms with van der Waals surface area (Å²) in [7, 11) is 3.29. The lowest BCUT2D eigenvalue weighted by molar-refractivity contribution is 0.108. The molecule has 2 aromatic carbocycles. The molecule has 0 saturated carbocycles. The first-order valence-corrected chi connectivity index (χ1v) is 9.78. The lowest BCUT2D eigenvalue weighted by Crippen LogP contribution is -2.49. The van der Waals surface area contributed by atoms with Gasteiger partial charge in [-0.05, 0) is 18.2 Å². The Balaban J connectivity index is 1.59. The van der Waals surface area contributed by atoms with Gasteiger partial charge in [0.05, 0.1) is 32.2 Å². The number of anilines is 1. The van der Waals surface area contributed by atoms with Crippen molar-refractivity contribution >= 4 is 11.9 Å². The van der Waals surface area contributed by atoms with Crippen LogP contribution in [0.25, 0.3) is 0 Å². The standard InChI is InChI=1S/C22H29N3O4/c1-28-21-9-5-6-17(15-23-27)19(21)14-18(26)16-24-10-12-25(13-11-24)20-7-3-4-8-22(20)29-2/h3-9,15,18,26-27H,10-14,16H2,1-2H3/b23-15-. The van der Waals surface area contributed by atoms with E-state index in [1.165, 1.54) is 6.21 Å². The number of benzene rings is 2. The Bertz CT molecular complexity index is 819. The van der Waals surface area contributed by atoms with Crippen LogP contribution in [-0.4, -0.2) is 74.5 Å². The van der Waals surface area contributed by atoms with Crippen molar-refractivity contribution in [1.82, 2.24) is 4.90 Å². The number of hydrogen-bond donors (Lipinski definition) is 2. The molecule has 1 unspecified atom stereocenters. The molecule has 1 fully saturated rings. The number of oxime groups is 1. The number of rotatable bonds is 8. The number of β-amino-alcohol motifs (C(OH)–C–C–N with tert-alkyl or cyclic N) is 1. The summed E-state index contributed by atoms with van der Waals surface area (Å²) in [6.07, 6.45) is 1.25. The minimum atomic E-state index is -0.546. The first kappa shape index (κ1) is 21.0. The van der Waals surface area contributed by atoms with E-state index in [9.17, 15) is 5.11 Å². The molecule has 0 spiro atoms. The number of hydrogen-bond acceptors (Lipinski definition) is 7. The van der Waals surface area contributed by atoms with Gasteiger partial charge in [0.1, 0.15) is 11.5 Å². The number of piperazine rings is 1. The van der Waals surface area contributed by atoms with E-state index >= 15 is 0 Å². The molecule has 0 aliphatic carbocycles. The molecular weight excluding hydrogens is 370 g/mol. The fourth-order valence-electron chi connectivity index (χ4n) is 3.84. The molecule has 29 heavy (non-hydrogen) atoms. The SMILES string of the molecule is COc1ccccc1N1CCN(CC(O)Cc2c(/C=N\O)cccc2OC)CC1. The predicted molar refractivity (Wildman–Crippen MR) is 114 cm³/mol. The topological polar surface area (TPSA) is 77.8 Å². The Morgan fingerprint density at radius 1 is 1.00 bits per heavy atom. The van der Waals surface area contributed by atoms with Crippen LogP contribution in [0.2, 0.25) is 0 Å². The highest BCUT2D eigenvalue weighted by molar-refractivity contribution is 5.82. The van der Waals surface area contributed by atoms with E-state index in [2.05, 4.69) is 21.0 Å². The highest BCUT2D eigenvalue weighted by atomic mass is 16.5. The summed E-state index contributed by atoms with van der Waals surface area (Å²) in [5, 5.41) is 22.7. The van der Waals surface area contributed by atoms with E-state index in [-0.39, 0.29) is 0 Å². The molecule has 2 N–H and O–H groups in total. The van der Waals surface area contributed by atoms with Gasteiger partial charge in [0, 0.05) is 50.3 Å². The van der Waals surface area contributed by atoms with E-state index in [1.807, 2.05) is 36.4 Å². The molecule has 0 radical (unpaired) electrons. The van der Waals surface area contributed by atoms with Crippen LogP contribution in [0.5, 0.6) is 11.5 Å². The van der Waals surface area contributed by atoms with Gasteiger partial charge in [0.2, 0.25) is 0 Å². The maximum Gasteiger partial charge on any atom is 0.142 e. The van der Waals surface area contributed by atoms with Gasteiger partial charge in [-0.1, -0.05) is 29.4 Å². The molecule has 1 saturated heterocycles. The molecule has 1 aliphatic rings. The Hall–Kier alpha value is -2.77. The second-order valence-electron chi connectivity index (χ2n) is 7.09. The van der Waals surface area contributed by atoms with Crippen LogP contribution in [0.4, 0.5) is 5.69 Å². The van der Waals surface area contributed by atoms with Crippen molar-refractivity contribution < 1.29 is 19.8 Å². The fraction of sp³-hybridized carbons (Fsp3) is 0.409. The summed E-state index contributed by atoms with van der Waals surface area (Å²) in [6.45, 7) is 4.07. The number of methoxy groups -OCH3 is 2. The third-order valence-electron chi connectivity index (χ3n) is 5.29. The van der Waals surface area contributed by atoms with Crippen LogP contribution < -0.4 is 14.4 Å². The van der Waals surface area contributed by atoms with Gasteiger partial charge in [0.25, 0.3) is 0 Å². The Morgan fingerprint density at radius 2 is 1.69 bits per heavy atom. The average Bonchev–Trinajstić information content (AvgIpc) is 2.75. The van der Waals surface area contributed by atoms with Crippen molar-refractivity contribution in [3.8, 4) is 11.5 Å². The number of aliphatic hydroxyl groups excluding tert-OH is 1. The Kier molecular flexibility index (Phi) is 7.32. The Morgan fingerprint density at radius 3 is 2.38 bits per heavy atom. The molecule has 156 valence electrons. The van der Waals surface area contributed by atoms with E-state index in [4.69, 9.17) is 14.7 Å². The van der Waals surface area contributed by atoms with Crippen LogP contribution in [0.1, 0.15) is 11.1 Å². The molecule has 2 aromatic rings. The molecule has 0 aromatic heterocycles. The summed E-state index contributed by atoms with van der Waals surface area (Å²) in [5.74, 6) is 1.57. The van der Waals surface area contributed by atoms with E-state index in [0.717, 1.165) is 48.7 Å². The van der Waals surface area contributed by atoms with Gasteiger partial charge in [-0.2, -0.15) is 0 Å². The third-order valence-corrected chi connectivity index (χ3v) is 5.29. The smallest absolute Gasteiger partial charge is 0.142 e. The van der Waals surface area contributed by atoms with Crippen molar-refractivity contribution in [3.63, 3.8) is 0 Å². The van der Waals surface area contributed by atoms with E-state index < -0.39 is 6.10 Å². The molecule has 7 nitrogen and oxygen atoms in total. The lowest BCUT2D eigenvalue weighted by atomic mass is 10.0. The summed E-state index contributed by atoms with van der Waals surface area (Å²) in [6, 6.07) is 13.6. The lowest BCUT2D eigenvalue weighted by Gasteiger charge is -2.37. The number of ether oxygens (including phenoxy) is 2. The highest BCUT2D eigenvalue weighted by Gasteiger charge is 2.22. The fourth-order valence-corrected chi connectivity index (χ4v) is 3.84. The van der Waals surface area contributed by atoms with Crippen LogP contribution >= 0.6 is 0 Å². The van der Waals surface area contributed by atoms with Gasteiger partial charge in [-0.25, -0.2) is 0 Å². The van der Waals surface area contributed by atoms with Crippen LogP contribution in [0, 0.1) is 0 Å². The maximum atomic E-state index is 10.7. The zero-order chi connectivity index (χ0) is 20.6. The first-order chi connectivity index (χ1) is 14.2. The summed E-state index contributed by atoms with van der Waals surface area (Å²) < 4.78 is 10.9. The Labute approximate surface area is 171 Å². The van der Waals surface area contributed by atoms with Gasteiger partial charge in [0.15, 0.2) is 0 Å². The van der Waals surface area contributed by atoms with Gasteiger partial charge in [-0.3, -0.25) is 4.90 Å². The highest BCUT2D eigenvalue weighted by Crippen LogP contribution is 2.28. The largest absolute Gasteiger partial charge is 0.496 e. The third kappa shape index (κ3) is 5.19. The minimum Gasteiger partial charge on any atom is -0.496 e. The van der Waals surface area contributed by atoms with Crippen molar-refractivity contribution in [2.24, 2.45) is 5.16 Å². The predicted octanol–water partition coefficient (Wildman–Crippen LogP) is 2.24. The van der Waals surface area contributed by atoms with Crippen molar-refractivity contribution in [1.29, 1.82) is 0 Å². The summed E-state index contributed by atoms with van der Waals surface area (Å²) >= 11 is 0. The van der Waals surface area contributed by atoms with E-state index in [1.54, 1.807) is 14.2 Å². The monoisotopic (exact) mass is 399 g/mol. The summed E-state index contributed by atoms with van der Waals surface area (Å²) in [5.41, 5.74) is 2.69. The quantitative estimate of drug-likeness (QED) is 0.403. The molecule has 0 amide bonds. The zero-order valence-corrected chi connectivity index (χ0v) is 17.0. The molecule has 0 bridgehead atoms. The molecule has 1 atom stereocenters. The second kappa shape index (κ2) is 10.1. The first-order valence-electron chi connectivity index (χ1n) is 9.78. The number of nitrogens with zero attached hydrogens (tertiary/aromatic N) is 3. The van der Waals surface area contributed by atoms with Crippen molar-refractivity contribution in [2.75, 3.05) is 51.8 Å². The number of aliphatic hydroxyl groups is 1. The van der Waals surface area contributed by atoms with Crippen LogP contribution in [0.15, 0.2) is 47.6 Å². The van der Waals surface area contributed by atoms with Crippen LogP contribution in [0.3, 0.4) is 0 Å². The van der Waals surface area contributed by atoms with Gasteiger partial charge < -0.3 is 24.7 Å². The number of para-hydroxylation sites is 2. The van der Waals surface area contributed by atoms with Gasteiger partial charge >= 0.3 is 0 Å². The molecule has 1 aliphatic heterocycles. The van der Waals surface area contributed by atoms with Crippen molar-refractivity contribution in [3.05, 3.63) is 53.6 Å². The zero-order valence-electron chi connectivity index (χ0n) is 17.0. The maximum absolute atomic E-state index is 10.7. The average molecular weight is 399 g/mol. The summed E-state index contributed by atoms with van der Waals surface area (Å²) in [4.78, 5) is 4.59. The second-order valence-corrected chi connectivity index (χ2v) is 7.09. The van der Waals surface area contributed by atoms with E-state index in [0.29, 0.717) is 18.7 Å².